The number of anilines is 1. The molecule has 0 bridgehead atoms. The van der Waals surface area contributed by atoms with Gasteiger partial charge >= 0.3 is 0 Å². The summed E-state index contributed by atoms with van der Waals surface area (Å²) >= 11 is 0. The van der Waals surface area contributed by atoms with Gasteiger partial charge in [-0.2, -0.15) is 4.89 Å². The highest BCUT2D eigenvalue weighted by molar-refractivity contribution is 6.34. The van der Waals surface area contributed by atoms with Crippen LogP contribution in [0.3, 0.4) is 0 Å². The lowest BCUT2D eigenvalue weighted by Crippen LogP contribution is -2.29. The smallest absolute Gasteiger partial charge is 0.266 e. The predicted molar refractivity (Wildman–Crippen MR) is 164 cm³/mol. The lowest BCUT2D eigenvalue weighted by Gasteiger charge is -2.26. The van der Waals surface area contributed by atoms with Crippen molar-refractivity contribution in [2.24, 2.45) is 0 Å². The number of hydrogen-bond donors (Lipinski definition) is 0. The highest BCUT2D eigenvalue weighted by atomic mass is 17.2. The number of nitrogens with zero attached hydrogens (tertiary/aromatic N) is 1. The van der Waals surface area contributed by atoms with Crippen LogP contribution in [0.25, 0.3) is 0 Å². The van der Waals surface area contributed by atoms with E-state index in [1.54, 1.807) is 18.2 Å². The molecule has 1 heterocycles. The molecule has 5 heteroatoms. The third-order valence-electron chi connectivity index (χ3n) is 7.85. The van der Waals surface area contributed by atoms with Crippen LogP contribution in [-0.4, -0.2) is 11.8 Å². The normalized spacial score (nSPS) is 12.9. The number of imide groups is 1. The van der Waals surface area contributed by atoms with Crippen molar-refractivity contribution >= 4 is 17.5 Å². The van der Waals surface area contributed by atoms with E-state index in [-0.39, 0.29) is 23.8 Å². The van der Waals surface area contributed by atoms with Gasteiger partial charge in [0.05, 0.1) is 16.8 Å². The Kier molecular flexibility index (Phi) is 7.43. The molecular weight excluding hydrogens is 522 g/mol. The van der Waals surface area contributed by atoms with Crippen molar-refractivity contribution in [1.82, 2.24) is 0 Å². The standard InChI is InChI=1S/C37H31NO4/c1-37(2,29-11-7-4-8-12-29)30-16-20-32(21-17-30)42-41-25-28-15-22-33-34(24-28)36(40)38(35(33)39)31-18-13-27(14-19-31)23-26-9-5-3-6-10-26/h3-22,24H,23,25H2,1-2H3. The van der Waals surface area contributed by atoms with Crippen LogP contribution in [0.4, 0.5) is 5.69 Å². The topological polar surface area (TPSA) is 55.8 Å². The molecule has 0 unspecified atom stereocenters. The summed E-state index contributed by atoms with van der Waals surface area (Å²) in [5.41, 5.74) is 6.60. The van der Waals surface area contributed by atoms with Crippen LogP contribution in [0.2, 0.25) is 0 Å². The van der Waals surface area contributed by atoms with E-state index in [1.165, 1.54) is 21.6 Å². The minimum absolute atomic E-state index is 0.125. The average molecular weight is 554 g/mol. The van der Waals surface area contributed by atoms with Gasteiger partial charge in [0.15, 0.2) is 5.75 Å². The molecule has 0 atom stereocenters. The van der Waals surface area contributed by atoms with Crippen molar-refractivity contribution in [2.45, 2.75) is 32.3 Å². The molecule has 5 nitrogen and oxygen atoms in total. The molecule has 1 aliphatic heterocycles. The van der Waals surface area contributed by atoms with Crippen LogP contribution < -0.4 is 9.79 Å². The van der Waals surface area contributed by atoms with E-state index in [9.17, 15) is 9.59 Å². The third kappa shape index (κ3) is 5.47. The summed E-state index contributed by atoms with van der Waals surface area (Å²) in [6.07, 6.45) is 0.782. The summed E-state index contributed by atoms with van der Waals surface area (Å²) in [5.74, 6) is -0.0878. The SMILES string of the molecule is CC(C)(c1ccccc1)c1ccc(OOCc2ccc3c(c2)C(=O)N(c2ccc(Cc4ccccc4)cc2)C3=O)cc1. The summed E-state index contributed by atoms with van der Waals surface area (Å²) in [7, 11) is 0. The van der Waals surface area contributed by atoms with Crippen LogP contribution in [0.5, 0.6) is 5.75 Å². The largest absolute Gasteiger partial charge is 0.337 e. The summed E-state index contributed by atoms with van der Waals surface area (Å²) in [4.78, 5) is 38.7. The minimum atomic E-state index is -0.342. The minimum Gasteiger partial charge on any atom is -0.337 e. The maximum absolute atomic E-state index is 13.3. The second kappa shape index (κ2) is 11.5. The lowest BCUT2D eigenvalue weighted by atomic mass is 9.78. The Morgan fingerprint density at radius 1 is 0.595 bits per heavy atom. The molecular formula is C37H31NO4. The summed E-state index contributed by atoms with van der Waals surface area (Å²) < 4.78 is 0. The summed E-state index contributed by atoms with van der Waals surface area (Å²) in [5, 5.41) is 0. The van der Waals surface area contributed by atoms with Crippen molar-refractivity contribution in [3.8, 4) is 5.75 Å². The Morgan fingerprint density at radius 3 is 1.86 bits per heavy atom. The fourth-order valence-corrected chi connectivity index (χ4v) is 5.32. The fourth-order valence-electron chi connectivity index (χ4n) is 5.32. The zero-order valence-electron chi connectivity index (χ0n) is 23.6. The fraction of sp³-hybridized carbons (Fsp3) is 0.135. The third-order valence-corrected chi connectivity index (χ3v) is 7.85. The Labute approximate surface area is 245 Å². The number of amides is 2. The Balaban J connectivity index is 1.08. The molecule has 0 N–H and O–H groups in total. The van der Waals surface area contributed by atoms with Crippen LogP contribution >= 0.6 is 0 Å². The molecule has 6 rings (SSSR count). The van der Waals surface area contributed by atoms with Gasteiger partial charge in [-0.25, -0.2) is 4.90 Å². The van der Waals surface area contributed by atoms with E-state index in [1.807, 2.05) is 84.9 Å². The Bertz CT molecular complexity index is 1710. The maximum atomic E-state index is 13.3. The molecule has 0 saturated heterocycles. The Morgan fingerprint density at radius 2 is 1.17 bits per heavy atom. The first-order valence-corrected chi connectivity index (χ1v) is 14.0. The van der Waals surface area contributed by atoms with Gasteiger partial charge < -0.3 is 4.89 Å². The molecule has 0 fully saturated rings. The van der Waals surface area contributed by atoms with E-state index in [0.29, 0.717) is 22.6 Å². The zero-order valence-corrected chi connectivity index (χ0v) is 23.6. The van der Waals surface area contributed by atoms with Crippen molar-refractivity contribution < 1.29 is 19.4 Å². The molecule has 5 aromatic carbocycles. The molecule has 0 saturated carbocycles. The summed E-state index contributed by atoms with van der Waals surface area (Å²) in [6, 6.07) is 41.1. The number of benzene rings is 5. The molecule has 0 spiro atoms. The summed E-state index contributed by atoms with van der Waals surface area (Å²) in [6.45, 7) is 4.51. The lowest BCUT2D eigenvalue weighted by molar-refractivity contribution is -0.217. The van der Waals surface area contributed by atoms with Gasteiger partial charge in [0, 0.05) is 5.41 Å². The van der Waals surface area contributed by atoms with Gasteiger partial charge in [-0.3, -0.25) is 9.59 Å². The molecule has 0 radical (unpaired) electrons. The van der Waals surface area contributed by atoms with Gasteiger partial charge in [0.2, 0.25) is 0 Å². The van der Waals surface area contributed by atoms with Crippen LogP contribution in [-0.2, 0) is 23.3 Å². The molecule has 0 aromatic heterocycles. The van der Waals surface area contributed by atoms with Gasteiger partial charge in [-0.1, -0.05) is 105 Å². The average Bonchev–Trinajstić information content (AvgIpc) is 3.27. The van der Waals surface area contributed by atoms with Crippen molar-refractivity contribution in [1.29, 1.82) is 0 Å². The number of carbonyl (C=O) groups excluding carboxylic acids is 2. The molecule has 2 amide bonds. The second-order valence-corrected chi connectivity index (χ2v) is 11.0. The first-order valence-electron chi connectivity index (χ1n) is 14.0. The number of hydrogen-bond acceptors (Lipinski definition) is 4. The number of fused-ring (bicyclic) bond motifs is 1. The molecule has 5 aromatic rings. The predicted octanol–water partition coefficient (Wildman–Crippen LogP) is 7.91. The van der Waals surface area contributed by atoms with Crippen molar-refractivity contribution in [3.63, 3.8) is 0 Å². The van der Waals surface area contributed by atoms with E-state index in [0.717, 1.165) is 17.5 Å². The second-order valence-electron chi connectivity index (χ2n) is 11.0. The van der Waals surface area contributed by atoms with Crippen LogP contribution in [0, 0.1) is 0 Å². The van der Waals surface area contributed by atoms with Gasteiger partial charge in [0.25, 0.3) is 11.8 Å². The van der Waals surface area contributed by atoms with E-state index >= 15 is 0 Å². The molecule has 0 aliphatic carbocycles. The maximum Gasteiger partial charge on any atom is 0.266 e. The first-order chi connectivity index (χ1) is 20.4. The number of carbonyl (C=O) groups is 2. The van der Waals surface area contributed by atoms with Gasteiger partial charge in [-0.15, -0.1) is 0 Å². The van der Waals surface area contributed by atoms with E-state index < -0.39 is 0 Å². The Hall–Kier alpha value is -5.00. The quantitative estimate of drug-likeness (QED) is 0.106. The highest BCUT2D eigenvalue weighted by Crippen LogP contribution is 2.33. The van der Waals surface area contributed by atoms with E-state index in [4.69, 9.17) is 9.78 Å². The molecule has 42 heavy (non-hydrogen) atoms. The first kappa shape index (κ1) is 27.2. The van der Waals surface area contributed by atoms with E-state index in [2.05, 4.69) is 38.1 Å². The van der Waals surface area contributed by atoms with Crippen molar-refractivity contribution in [3.05, 3.63) is 166 Å². The zero-order chi connectivity index (χ0) is 29.1. The van der Waals surface area contributed by atoms with Crippen LogP contribution in [0.15, 0.2) is 127 Å². The van der Waals surface area contributed by atoms with Gasteiger partial charge in [-0.05, 0) is 70.6 Å². The van der Waals surface area contributed by atoms with Crippen molar-refractivity contribution in [2.75, 3.05) is 4.90 Å². The van der Waals surface area contributed by atoms with Gasteiger partial charge in [0.1, 0.15) is 6.61 Å². The molecule has 1 aliphatic rings. The number of rotatable bonds is 9. The highest BCUT2D eigenvalue weighted by Gasteiger charge is 2.36. The monoisotopic (exact) mass is 553 g/mol. The van der Waals surface area contributed by atoms with Crippen LogP contribution in [0.1, 0.15) is 62.4 Å². The molecule has 208 valence electrons.